The van der Waals surface area contributed by atoms with Gasteiger partial charge in [-0.05, 0) is 37.3 Å². The minimum Gasteiger partial charge on any atom is -0.387 e. The highest BCUT2D eigenvalue weighted by atomic mass is 35.5. The van der Waals surface area contributed by atoms with E-state index in [1.165, 1.54) is 4.52 Å². The number of fused-ring (bicyclic) bond motifs is 1. The van der Waals surface area contributed by atoms with Gasteiger partial charge >= 0.3 is 5.69 Å². The third kappa shape index (κ3) is 2.77. The monoisotopic (exact) mass is 357 g/mol. The number of hydrogen-bond donors (Lipinski definition) is 1. The van der Waals surface area contributed by atoms with Crippen LogP contribution in [-0.2, 0) is 6.54 Å². The van der Waals surface area contributed by atoms with E-state index in [1.54, 1.807) is 11.5 Å². The summed E-state index contributed by atoms with van der Waals surface area (Å²) in [6.45, 7) is 2.17. The van der Waals surface area contributed by atoms with E-state index in [0.717, 1.165) is 24.8 Å². The molecule has 1 aliphatic rings. The van der Waals surface area contributed by atoms with Gasteiger partial charge in [-0.25, -0.2) is 4.79 Å². The van der Waals surface area contributed by atoms with Gasteiger partial charge in [0.05, 0.1) is 34.6 Å². The molecule has 3 aromatic rings. The van der Waals surface area contributed by atoms with Gasteiger partial charge in [-0.2, -0.15) is 9.61 Å². The highest BCUT2D eigenvalue weighted by Crippen LogP contribution is 2.38. The van der Waals surface area contributed by atoms with Crippen molar-refractivity contribution < 1.29 is 5.11 Å². The molecule has 1 aliphatic carbocycles. The topological polar surface area (TPSA) is 59.5 Å². The SMILES string of the molecule is Cc1nn2c(=O)n(Cc3ccccc3)c(C(O)C3CCC3)cc2c1Cl. The van der Waals surface area contributed by atoms with Crippen molar-refractivity contribution in [3.63, 3.8) is 0 Å². The molecule has 1 atom stereocenters. The molecule has 0 saturated heterocycles. The highest BCUT2D eigenvalue weighted by molar-refractivity contribution is 6.34. The van der Waals surface area contributed by atoms with Crippen LogP contribution in [-0.4, -0.2) is 19.3 Å². The van der Waals surface area contributed by atoms with Crippen molar-refractivity contribution in [2.24, 2.45) is 5.92 Å². The Balaban J connectivity index is 1.90. The van der Waals surface area contributed by atoms with Crippen LogP contribution in [0.1, 0.15) is 42.3 Å². The number of aliphatic hydroxyl groups excluding tert-OH is 1. The minimum absolute atomic E-state index is 0.201. The average molecular weight is 358 g/mol. The summed E-state index contributed by atoms with van der Waals surface area (Å²) in [5, 5.41) is 15.6. The zero-order valence-electron chi connectivity index (χ0n) is 14.0. The van der Waals surface area contributed by atoms with Crippen LogP contribution < -0.4 is 5.69 Å². The molecule has 1 aromatic carbocycles. The van der Waals surface area contributed by atoms with Gasteiger partial charge in [-0.1, -0.05) is 48.4 Å². The van der Waals surface area contributed by atoms with Crippen LogP contribution in [0.2, 0.25) is 5.02 Å². The standard InChI is InChI=1S/C19H20ClN3O2/c1-12-17(20)15-10-16(18(24)14-8-5-9-14)22(19(25)23(15)21-12)11-13-6-3-2-4-7-13/h2-4,6-7,10,14,18,24H,5,8-9,11H2,1H3. The molecule has 1 fully saturated rings. The molecule has 0 spiro atoms. The molecule has 5 nitrogen and oxygen atoms in total. The number of aryl methyl sites for hydroxylation is 1. The molecule has 0 bridgehead atoms. The van der Waals surface area contributed by atoms with E-state index < -0.39 is 6.10 Å². The summed E-state index contributed by atoms with van der Waals surface area (Å²) in [7, 11) is 0. The Labute approximate surface area is 150 Å². The van der Waals surface area contributed by atoms with Crippen molar-refractivity contribution in [1.29, 1.82) is 0 Å². The molecule has 0 aliphatic heterocycles. The van der Waals surface area contributed by atoms with Crippen LogP contribution in [0.15, 0.2) is 41.2 Å². The quantitative estimate of drug-likeness (QED) is 0.779. The van der Waals surface area contributed by atoms with E-state index in [-0.39, 0.29) is 11.6 Å². The zero-order valence-corrected chi connectivity index (χ0v) is 14.8. The first-order valence-electron chi connectivity index (χ1n) is 8.57. The van der Waals surface area contributed by atoms with E-state index in [9.17, 15) is 9.90 Å². The third-order valence-electron chi connectivity index (χ3n) is 5.11. The summed E-state index contributed by atoms with van der Waals surface area (Å²) < 4.78 is 2.95. The summed E-state index contributed by atoms with van der Waals surface area (Å²) in [5.41, 5.74) is 2.51. The Kier molecular flexibility index (Phi) is 4.13. The number of halogens is 1. The summed E-state index contributed by atoms with van der Waals surface area (Å²) in [6, 6.07) is 11.6. The van der Waals surface area contributed by atoms with Gasteiger partial charge in [0.2, 0.25) is 0 Å². The fraction of sp³-hybridized carbons (Fsp3) is 0.368. The smallest absolute Gasteiger partial charge is 0.349 e. The van der Waals surface area contributed by atoms with Crippen LogP contribution >= 0.6 is 11.6 Å². The summed E-state index contributed by atoms with van der Waals surface area (Å²) in [5.74, 6) is 0.201. The van der Waals surface area contributed by atoms with Gasteiger partial charge in [-0.15, -0.1) is 0 Å². The second-order valence-corrected chi connectivity index (χ2v) is 7.13. The molecule has 2 heterocycles. The van der Waals surface area contributed by atoms with Crippen molar-refractivity contribution >= 4 is 17.1 Å². The van der Waals surface area contributed by atoms with Crippen LogP contribution in [0.25, 0.3) is 5.52 Å². The molecule has 0 amide bonds. The first-order chi connectivity index (χ1) is 12.1. The first kappa shape index (κ1) is 16.4. The van der Waals surface area contributed by atoms with Crippen LogP contribution in [0, 0.1) is 12.8 Å². The van der Waals surface area contributed by atoms with Crippen LogP contribution in [0.3, 0.4) is 0 Å². The Morgan fingerprint density at radius 2 is 2.04 bits per heavy atom. The van der Waals surface area contributed by atoms with Gasteiger partial charge in [-0.3, -0.25) is 4.57 Å². The van der Waals surface area contributed by atoms with Crippen molar-refractivity contribution in [1.82, 2.24) is 14.2 Å². The lowest BCUT2D eigenvalue weighted by molar-refractivity contribution is 0.0549. The zero-order chi connectivity index (χ0) is 17.6. The summed E-state index contributed by atoms with van der Waals surface area (Å²) in [6.07, 6.45) is 2.43. The second kappa shape index (κ2) is 6.32. The maximum absolute atomic E-state index is 13.0. The predicted octanol–water partition coefficient (Wildman–Crippen LogP) is 3.34. The molecule has 2 aromatic heterocycles. The average Bonchev–Trinajstić information content (AvgIpc) is 2.85. The second-order valence-electron chi connectivity index (χ2n) is 6.76. The minimum atomic E-state index is -0.665. The lowest BCUT2D eigenvalue weighted by Gasteiger charge is -2.31. The number of benzene rings is 1. The predicted molar refractivity (Wildman–Crippen MR) is 97.0 cm³/mol. The molecule has 0 radical (unpaired) electrons. The lowest BCUT2D eigenvalue weighted by Crippen LogP contribution is -2.33. The number of nitrogens with zero attached hydrogens (tertiary/aromatic N) is 3. The Bertz CT molecular complexity index is 974. The van der Waals surface area contributed by atoms with Crippen LogP contribution in [0.4, 0.5) is 0 Å². The maximum atomic E-state index is 13.0. The maximum Gasteiger partial charge on any atom is 0.349 e. The number of hydrogen-bond acceptors (Lipinski definition) is 3. The van der Waals surface area contributed by atoms with E-state index in [4.69, 9.17) is 11.6 Å². The Hall–Kier alpha value is -2.11. The van der Waals surface area contributed by atoms with Crippen molar-refractivity contribution in [2.45, 2.75) is 38.8 Å². The Morgan fingerprint density at radius 1 is 1.32 bits per heavy atom. The molecule has 130 valence electrons. The van der Waals surface area contributed by atoms with Gasteiger partial charge in [0.15, 0.2) is 0 Å². The molecule has 25 heavy (non-hydrogen) atoms. The van der Waals surface area contributed by atoms with E-state index in [0.29, 0.717) is 28.5 Å². The lowest BCUT2D eigenvalue weighted by atomic mass is 9.80. The number of aromatic nitrogens is 3. The highest BCUT2D eigenvalue weighted by Gasteiger charge is 2.30. The van der Waals surface area contributed by atoms with Crippen molar-refractivity contribution in [2.75, 3.05) is 0 Å². The van der Waals surface area contributed by atoms with Crippen molar-refractivity contribution in [3.05, 3.63) is 68.9 Å². The fourth-order valence-electron chi connectivity index (χ4n) is 3.41. The van der Waals surface area contributed by atoms with E-state index in [1.807, 2.05) is 36.4 Å². The molecule has 1 unspecified atom stereocenters. The molecule has 6 heteroatoms. The molecule has 1 saturated carbocycles. The molecular formula is C19H20ClN3O2. The number of rotatable bonds is 4. The van der Waals surface area contributed by atoms with Gasteiger partial charge in [0, 0.05) is 0 Å². The largest absolute Gasteiger partial charge is 0.387 e. The summed E-state index contributed by atoms with van der Waals surface area (Å²) >= 11 is 6.32. The molecule has 4 rings (SSSR count). The number of aliphatic hydroxyl groups is 1. The van der Waals surface area contributed by atoms with Crippen LogP contribution in [0.5, 0.6) is 0 Å². The fourth-order valence-corrected chi connectivity index (χ4v) is 3.58. The summed E-state index contributed by atoms with van der Waals surface area (Å²) in [4.78, 5) is 13.0. The van der Waals surface area contributed by atoms with Crippen molar-refractivity contribution in [3.8, 4) is 0 Å². The van der Waals surface area contributed by atoms with Gasteiger partial charge in [0.1, 0.15) is 0 Å². The normalized spacial score (nSPS) is 16.1. The Morgan fingerprint density at radius 3 is 2.68 bits per heavy atom. The first-order valence-corrected chi connectivity index (χ1v) is 8.94. The third-order valence-corrected chi connectivity index (χ3v) is 5.58. The molecular weight excluding hydrogens is 338 g/mol. The van der Waals surface area contributed by atoms with Gasteiger partial charge < -0.3 is 5.11 Å². The molecule has 1 N–H and O–H groups in total. The van der Waals surface area contributed by atoms with Gasteiger partial charge in [0.25, 0.3) is 0 Å². The van der Waals surface area contributed by atoms with E-state index in [2.05, 4.69) is 5.10 Å². The van der Waals surface area contributed by atoms with E-state index >= 15 is 0 Å².